The van der Waals surface area contributed by atoms with Crippen LogP contribution in [0.15, 0.2) is 64.0 Å². The lowest BCUT2D eigenvalue weighted by Crippen LogP contribution is -2.26. The number of aromatic nitrogens is 1. The maximum atomic E-state index is 12.2. The van der Waals surface area contributed by atoms with Crippen LogP contribution < -0.4 is 9.46 Å². The smallest absolute Gasteiger partial charge is 0.307 e. The largest absolute Gasteiger partial charge is 0.497 e. The summed E-state index contributed by atoms with van der Waals surface area (Å²) < 4.78 is 42.2. The average Bonchev–Trinajstić information content (AvgIpc) is 3.21. The number of benzene rings is 2. The predicted molar refractivity (Wildman–Crippen MR) is 109 cm³/mol. The zero-order chi connectivity index (χ0) is 21.6. The molecule has 1 N–H and O–H groups in total. The number of methoxy groups -OCH3 is 1. The topological polar surface area (TPSA) is 108 Å². The molecular formula is C21H22N2O6S. The van der Waals surface area contributed by atoms with E-state index >= 15 is 0 Å². The zero-order valence-electron chi connectivity index (χ0n) is 16.6. The van der Waals surface area contributed by atoms with Crippen molar-refractivity contribution in [1.82, 2.24) is 9.88 Å². The Kier molecular flexibility index (Phi) is 6.86. The Morgan fingerprint density at radius 2 is 1.80 bits per heavy atom. The number of rotatable bonds is 9. The molecule has 0 atom stereocenters. The van der Waals surface area contributed by atoms with Crippen LogP contribution in [0, 0.1) is 6.92 Å². The molecule has 0 bridgehead atoms. The summed E-state index contributed by atoms with van der Waals surface area (Å²) in [5.74, 6) is 0.563. The number of esters is 1. The molecule has 0 unspecified atom stereocenters. The monoisotopic (exact) mass is 430 g/mol. The van der Waals surface area contributed by atoms with Gasteiger partial charge in [0.25, 0.3) is 0 Å². The first kappa shape index (κ1) is 21.5. The van der Waals surface area contributed by atoms with Gasteiger partial charge in [-0.2, -0.15) is 0 Å². The minimum Gasteiger partial charge on any atom is -0.497 e. The molecule has 8 nitrogen and oxygen atoms in total. The number of sulfonamides is 1. The Balaban J connectivity index is 1.45. The van der Waals surface area contributed by atoms with E-state index in [1.165, 1.54) is 12.1 Å². The van der Waals surface area contributed by atoms with Crippen molar-refractivity contribution in [3.8, 4) is 17.0 Å². The summed E-state index contributed by atoms with van der Waals surface area (Å²) in [4.78, 5) is 12.0. The van der Waals surface area contributed by atoms with Crippen molar-refractivity contribution in [2.24, 2.45) is 0 Å². The van der Waals surface area contributed by atoms with Gasteiger partial charge in [-0.25, -0.2) is 13.1 Å². The van der Waals surface area contributed by atoms with Crippen molar-refractivity contribution in [1.29, 1.82) is 0 Å². The highest BCUT2D eigenvalue weighted by atomic mass is 32.2. The number of aryl methyl sites for hydroxylation is 1. The first-order valence-corrected chi connectivity index (χ1v) is 10.7. The van der Waals surface area contributed by atoms with E-state index in [4.69, 9.17) is 14.0 Å². The van der Waals surface area contributed by atoms with Crippen molar-refractivity contribution in [2.75, 3.05) is 13.7 Å². The maximum absolute atomic E-state index is 12.2. The molecule has 3 aromatic rings. The number of nitrogens with zero attached hydrogens (tertiary/aromatic N) is 1. The quantitative estimate of drug-likeness (QED) is 0.520. The highest BCUT2D eigenvalue weighted by Gasteiger charge is 2.15. The van der Waals surface area contributed by atoms with E-state index < -0.39 is 16.0 Å². The van der Waals surface area contributed by atoms with Gasteiger partial charge in [0.05, 0.1) is 18.4 Å². The molecule has 3 rings (SSSR count). The van der Waals surface area contributed by atoms with Gasteiger partial charge in [0, 0.05) is 18.2 Å². The summed E-state index contributed by atoms with van der Waals surface area (Å²) in [5, 5.41) is 3.96. The molecule has 9 heteroatoms. The molecule has 30 heavy (non-hydrogen) atoms. The lowest BCUT2D eigenvalue weighted by Gasteiger charge is -2.07. The first-order chi connectivity index (χ1) is 14.4. The fraction of sp³-hybridized carbons (Fsp3) is 0.238. The number of hydrogen-bond donors (Lipinski definition) is 1. The molecule has 0 amide bonds. The van der Waals surface area contributed by atoms with Gasteiger partial charge < -0.3 is 14.0 Å². The minimum atomic E-state index is -3.67. The molecule has 0 saturated carbocycles. The minimum absolute atomic E-state index is 0.0669. The average molecular weight is 430 g/mol. The number of nitrogens with one attached hydrogen (secondary N) is 1. The third-order valence-electron chi connectivity index (χ3n) is 4.27. The standard InChI is InChI=1S/C21H22N2O6S/c1-15-3-9-19(10-4-15)30(25,26)22-12-11-21(24)28-14-18-13-20(23-29-18)16-5-7-17(27-2)8-6-16/h3-10,13,22H,11-12,14H2,1-2H3. The van der Waals surface area contributed by atoms with Crippen molar-refractivity contribution in [3.05, 3.63) is 65.9 Å². The Bertz CT molecular complexity index is 1090. The molecule has 0 fully saturated rings. The number of carbonyl (C=O) groups is 1. The Hall–Kier alpha value is -3.17. The molecule has 0 saturated heterocycles. The summed E-state index contributed by atoms with van der Waals surface area (Å²) in [5.41, 5.74) is 2.40. The van der Waals surface area contributed by atoms with Gasteiger partial charge >= 0.3 is 5.97 Å². The second-order valence-corrected chi connectivity index (χ2v) is 8.30. The second-order valence-electron chi connectivity index (χ2n) is 6.53. The number of ether oxygens (including phenoxy) is 2. The van der Waals surface area contributed by atoms with Gasteiger partial charge in [-0.15, -0.1) is 0 Å². The van der Waals surface area contributed by atoms with E-state index in [9.17, 15) is 13.2 Å². The molecule has 1 aromatic heterocycles. The Labute approximate surface area is 174 Å². The van der Waals surface area contributed by atoms with Crippen LogP contribution >= 0.6 is 0 Å². The predicted octanol–water partition coefficient (Wildman–Crippen LogP) is 3.07. The molecular weight excluding hydrogens is 408 g/mol. The van der Waals surface area contributed by atoms with Crippen LogP contribution in [0.1, 0.15) is 17.7 Å². The van der Waals surface area contributed by atoms with Crippen LogP contribution in [0.5, 0.6) is 5.75 Å². The normalized spacial score (nSPS) is 11.3. The van der Waals surface area contributed by atoms with Crippen molar-refractivity contribution < 1.29 is 27.2 Å². The molecule has 1 heterocycles. The van der Waals surface area contributed by atoms with Gasteiger partial charge in [0.15, 0.2) is 12.4 Å². The van der Waals surface area contributed by atoms with Gasteiger partial charge in [-0.3, -0.25) is 4.79 Å². The first-order valence-electron chi connectivity index (χ1n) is 9.19. The van der Waals surface area contributed by atoms with Crippen molar-refractivity contribution >= 4 is 16.0 Å². The molecule has 0 aliphatic heterocycles. The second kappa shape index (κ2) is 9.55. The molecule has 0 spiro atoms. The van der Waals surface area contributed by atoms with E-state index in [0.29, 0.717) is 11.5 Å². The summed E-state index contributed by atoms with van der Waals surface area (Å²) >= 11 is 0. The van der Waals surface area contributed by atoms with Gasteiger partial charge in [0.2, 0.25) is 10.0 Å². The maximum Gasteiger partial charge on any atom is 0.307 e. The highest BCUT2D eigenvalue weighted by molar-refractivity contribution is 7.89. The summed E-state index contributed by atoms with van der Waals surface area (Å²) in [6.45, 7) is 1.71. The molecule has 0 aliphatic rings. The third kappa shape index (κ3) is 5.68. The lowest BCUT2D eigenvalue weighted by molar-refractivity contribution is -0.145. The fourth-order valence-corrected chi connectivity index (χ4v) is 3.62. The number of hydrogen-bond acceptors (Lipinski definition) is 7. The van der Waals surface area contributed by atoms with E-state index in [-0.39, 0.29) is 24.5 Å². The van der Waals surface area contributed by atoms with E-state index in [0.717, 1.165) is 16.9 Å². The van der Waals surface area contributed by atoms with Crippen LogP contribution in [0.3, 0.4) is 0 Å². The number of carbonyl (C=O) groups excluding carboxylic acids is 1. The van der Waals surface area contributed by atoms with E-state index in [2.05, 4.69) is 9.88 Å². The van der Waals surface area contributed by atoms with Crippen LogP contribution in [0.2, 0.25) is 0 Å². The summed E-state index contributed by atoms with van der Waals surface area (Å²) in [6, 6.07) is 15.4. The molecule has 158 valence electrons. The summed E-state index contributed by atoms with van der Waals surface area (Å²) in [6.07, 6.45) is -0.107. The Morgan fingerprint density at radius 3 is 2.47 bits per heavy atom. The van der Waals surface area contributed by atoms with Crippen LogP contribution in [0.4, 0.5) is 0 Å². The fourth-order valence-electron chi connectivity index (χ4n) is 2.59. The molecule has 0 aliphatic carbocycles. The van der Waals surface area contributed by atoms with Gasteiger partial charge in [-0.05, 0) is 43.3 Å². The van der Waals surface area contributed by atoms with Gasteiger partial charge in [-0.1, -0.05) is 22.9 Å². The summed E-state index contributed by atoms with van der Waals surface area (Å²) in [7, 11) is -2.08. The van der Waals surface area contributed by atoms with Crippen LogP contribution in [0.25, 0.3) is 11.3 Å². The van der Waals surface area contributed by atoms with Crippen molar-refractivity contribution in [2.45, 2.75) is 24.8 Å². The third-order valence-corrected chi connectivity index (χ3v) is 5.75. The van der Waals surface area contributed by atoms with Crippen molar-refractivity contribution in [3.63, 3.8) is 0 Å². The Morgan fingerprint density at radius 1 is 1.10 bits per heavy atom. The molecule has 2 aromatic carbocycles. The van der Waals surface area contributed by atoms with Crippen LogP contribution in [-0.4, -0.2) is 33.2 Å². The van der Waals surface area contributed by atoms with E-state index in [1.54, 1.807) is 37.4 Å². The zero-order valence-corrected chi connectivity index (χ0v) is 17.4. The lowest BCUT2D eigenvalue weighted by atomic mass is 10.1. The van der Waals surface area contributed by atoms with E-state index in [1.807, 2.05) is 19.1 Å². The van der Waals surface area contributed by atoms with Crippen LogP contribution in [-0.2, 0) is 26.2 Å². The van der Waals surface area contributed by atoms with Gasteiger partial charge in [0.1, 0.15) is 11.4 Å². The SMILES string of the molecule is COc1ccc(-c2cc(COC(=O)CCNS(=O)(=O)c3ccc(C)cc3)on2)cc1. The highest BCUT2D eigenvalue weighted by Crippen LogP contribution is 2.22. The molecule has 0 radical (unpaired) electrons.